The van der Waals surface area contributed by atoms with Gasteiger partial charge in [-0.25, -0.2) is 4.98 Å². The number of H-pyrrole nitrogens is 1. The Labute approximate surface area is 176 Å². The van der Waals surface area contributed by atoms with Crippen LogP contribution in [0.3, 0.4) is 0 Å². The molecule has 0 saturated carbocycles. The SMILES string of the molecule is Cc1cncc(-c2cc(=O)[nH]c(-c3cc(CNC(=O)C(C)C)ccc3C(F)(F)F)n2)c1. The predicted octanol–water partition coefficient (Wildman–Crippen LogP) is 4.10. The number of alkyl halides is 3. The van der Waals surface area contributed by atoms with Gasteiger partial charge in [-0.1, -0.05) is 19.9 Å². The molecule has 2 aromatic heterocycles. The fraction of sp³-hybridized carbons (Fsp3) is 0.273. The Bertz CT molecular complexity index is 1170. The molecule has 0 saturated heterocycles. The molecule has 31 heavy (non-hydrogen) atoms. The van der Waals surface area contributed by atoms with Gasteiger partial charge in [0.1, 0.15) is 5.82 Å². The highest BCUT2D eigenvalue weighted by Crippen LogP contribution is 2.36. The van der Waals surface area contributed by atoms with E-state index in [0.717, 1.165) is 11.6 Å². The fourth-order valence-corrected chi connectivity index (χ4v) is 2.97. The van der Waals surface area contributed by atoms with Crippen LogP contribution >= 0.6 is 0 Å². The number of benzene rings is 1. The zero-order valence-electron chi connectivity index (χ0n) is 17.2. The van der Waals surface area contributed by atoms with Crippen molar-refractivity contribution in [2.24, 2.45) is 5.92 Å². The molecular formula is C22H21F3N4O2. The van der Waals surface area contributed by atoms with Crippen molar-refractivity contribution in [3.63, 3.8) is 0 Å². The molecule has 0 spiro atoms. The van der Waals surface area contributed by atoms with Crippen LogP contribution < -0.4 is 10.9 Å². The lowest BCUT2D eigenvalue weighted by molar-refractivity contribution is -0.137. The molecule has 3 rings (SSSR count). The second kappa shape index (κ2) is 8.71. The van der Waals surface area contributed by atoms with E-state index < -0.39 is 17.3 Å². The molecule has 0 atom stereocenters. The number of aryl methyl sites for hydroxylation is 1. The molecule has 2 heterocycles. The number of amides is 1. The Morgan fingerprint density at radius 3 is 2.55 bits per heavy atom. The third-order valence-corrected chi connectivity index (χ3v) is 4.55. The maximum atomic E-state index is 13.7. The van der Waals surface area contributed by atoms with E-state index in [4.69, 9.17) is 0 Å². The first-order valence-electron chi connectivity index (χ1n) is 9.56. The summed E-state index contributed by atoms with van der Waals surface area (Å²) in [6, 6.07) is 6.44. The second-order valence-corrected chi connectivity index (χ2v) is 7.48. The van der Waals surface area contributed by atoms with E-state index >= 15 is 0 Å². The van der Waals surface area contributed by atoms with Crippen LogP contribution in [-0.2, 0) is 17.5 Å². The molecule has 6 nitrogen and oxygen atoms in total. The molecular weight excluding hydrogens is 409 g/mol. The fourth-order valence-electron chi connectivity index (χ4n) is 2.97. The largest absolute Gasteiger partial charge is 0.417 e. The van der Waals surface area contributed by atoms with Crippen LogP contribution in [0.25, 0.3) is 22.6 Å². The number of carbonyl (C=O) groups is 1. The van der Waals surface area contributed by atoms with Crippen molar-refractivity contribution in [2.45, 2.75) is 33.5 Å². The van der Waals surface area contributed by atoms with Gasteiger partial charge in [0, 0.05) is 42.0 Å². The number of carbonyl (C=O) groups excluding carboxylic acids is 1. The van der Waals surface area contributed by atoms with E-state index in [1.807, 2.05) is 0 Å². The van der Waals surface area contributed by atoms with Crippen molar-refractivity contribution in [3.8, 4) is 22.6 Å². The Morgan fingerprint density at radius 2 is 1.90 bits per heavy atom. The van der Waals surface area contributed by atoms with Gasteiger partial charge in [-0.15, -0.1) is 0 Å². The van der Waals surface area contributed by atoms with Crippen molar-refractivity contribution in [1.82, 2.24) is 20.3 Å². The Kier molecular flexibility index (Phi) is 6.24. The summed E-state index contributed by atoms with van der Waals surface area (Å²) in [7, 11) is 0. The van der Waals surface area contributed by atoms with Gasteiger partial charge < -0.3 is 10.3 Å². The number of pyridine rings is 1. The molecule has 2 N–H and O–H groups in total. The third kappa shape index (κ3) is 5.36. The van der Waals surface area contributed by atoms with Gasteiger partial charge in [0.25, 0.3) is 5.56 Å². The first-order valence-corrected chi connectivity index (χ1v) is 9.56. The number of hydrogen-bond acceptors (Lipinski definition) is 4. The molecule has 1 amide bonds. The molecule has 0 fully saturated rings. The number of rotatable bonds is 5. The van der Waals surface area contributed by atoms with E-state index in [1.165, 1.54) is 24.4 Å². The van der Waals surface area contributed by atoms with Crippen LogP contribution in [0, 0.1) is 12.8 Å². The summed E-state index contributed by atoms with van der Waals surface area (Å²) < 4.78 is 41.0. The molecule has 0 bridgehead atoms. The van der Waals surface area contributed by atoms with Gasteiger partial charge >= 0.3 is 6.18 Å². The van der Waals surface area contributed by atoms with Gasteiger partial charge in [-0.2, -0.15) is 13.2 Å². The third-order valence-electron chi connectivity index (χ3n) is 4.55. The molecule has 0 radical (unpaired) electrons. The summed E-state index contributed by atoms with van der Waals surface area (Å²) in [5, 5.41) is 2.67. The highest BCUT2D eigenvalue weighted by atomic mass is 19.4. The van der Waals surface area contributed by atoms with Gasteiger partial charge in [-0.3, -0.25) is 14.6 Å². The van der Waals surface area contributed by atoms with Gasteiger partial charge in [0.05, 0.1) is 11.3 Å². The monoisotopic (exact) mass is 430 g/mol. The molecule has 9 heteroatoms. The standard InChI is InChI=1S/C22H21F3N4O2/c1-12(2)21(31)27-10-14-4-5-17(22(23,24)25)16(7-14)20-28-18(8-19(30)29-20)15-6-13(3)9-26-11-15/h4-9,11-12H,10H2,1-3H3,(H,27,31)(H,28,29,30). The summed E-state index contributed by atoms with van der Waals surface area (Å²) in [5.41, 5.74) is 0.190. The Morgan fingerprint density at radius 1 is 1.16 bits per heavy atom. The van der Waals surface area contributed by atoms with E-state index in [2.05, 4.69) is 20.3 Å². The zero-order chi connectivity index (χ0) is 22.8. The number of nitrogens with zero attached hydrogens (tertiary/aromatic N) is 2. The van der Waals surface area contributed by atoms with Crippen molar-refractivity contribution in [2.75, 3.05) is 0 Å². The zero-order valence-corrected chi connectivity index (χ0v) is 17.2. The van der Waals surface area contributed by atoms with E-state index in [0.29, 0.717) is 11.1 Å². The molecule has 3 aromatic rings. The maximum Gasteiger partial charge on any atom is 0.417 e. The lowest BCUT2D eigenvalue weighted by Crippen LogP contribution is -2.27. The molecule has 0 unspecified atom stereocenters. The highest BCUT2D eigenvalue weighted by molar-refractivity contribution is 5.78. The molecule has 162 valence electrons. The van der Waals surface area contributed by atoms with Gasteiger partial charge in [-0.05, 0) is 36.2 Å². The number of halogens is 3. The number of aromatic nitrogens is 3. The number of nitrogens with one attached hydrogen (secondary N) is 2. The minimum atomic E-state index is -4.66. The van der Waals surface area contributed by atoms with Gasteiger partial charge in [0.15, 0.2) is 0 Å². The van der Waals surface area contributed by atoms with E-state index in [9.17, 15) is 22.8 Å². The number of aromatic amines is 1. The van der Waals surface area contributed by atoms with Crippen LogP contribution in [0.2, 0.25) is 0 Å². The van der Waals surface area contributed by atoms with Crippen LogP contribution in [0.4, 0.5) is 13.2 Å². The molecule has 1 aromatic carbocycles. The summed E-state index contributed by atoms with van der Waals surface area (Å²) in [5.74, 6) is -0.693. The first-order chi connectivity index (χ1) is 14.5. The average molecular weight is 430 g/mol. The lowest BCUT2D eigenvalue weighted by Gasteiger charge is -2.15. The average Bonchev–Trinajstić information content (AvgIpc) is 2.70. The van der Waals surface area contributed by atoms with E-state index in [-0.39, 0.29) is 35.5 Å². The Balaban J connectivity index is 2.10. The second-order valence-electron chi connectivity index (χ2n) is 7.48. The normalized spacial score (nSPS) is 11.6. The van der Waals surface area contributed by atoms with Crippen LogP contribution in [0.1, 0.15) is 30.5 Å². The minimum absolute atomic E-state index is 0.0495. The van der Waals surface area contributed by atoms with Crippen molar-refractivity contribution < 1.29 is 18.0 Å². The topological polar surface area (TPSA) is 87.7 Å². The lowest BCUT2D eigenvalue weighted by atomic mass is 10.0. The first kappa shape index (κ1) is 22.2. The molecule has 0 aliphatic rings. The summed E-state index contributed by atoms with van der Waals surface area (Å²) in [4.78, 5) is 34.8. The van der Waals surface area contributed by atoms with E-state index in [1.54, 1.807) is 33.0 Å². The van der Waals surface area contributed by atoms with Crippen molar-refractivity contribution >= 4 is 5.91 Å². The van der Waals surface area contributed by atoms with Crippen LogP contribution in [0.15, 0.2) is 47.5 Å². The summed E-state index contributed by atoms with van der Waals surface area (Å²) in [6.45, 7) is 5.29. The smallest absolute Gasteiger partial charge is 0.352 e. The predicted molar refractivity (Wildman–Crippen MR) is 110 cm³/mol. The Hall–Kier alpha value is -3.49. The molecule has 0 aliphatic heterocycles. The van der Waals surface area contributed by atoms with Crippen LogP contribution in [0.5, 0.6) is 0 Å². The van der Waals surface area contributed by atoms with Crippen LogP contribution in [-0.4, -0.2) is 20.9 Å². The maximum absolute atomic E-state index is 13.7. The minimum Gasteiger partial charge on any atom is -0.352 e. The molecule has 0 aliphatic carbocycles. The van der Waals surface area contributed by atoms with Crippen molar-refractivity contribution in [3.05, 3.63) is 69.8 Å². The highest BCUT2D eigenvalue weighted by Gasteiger charge is 2.34. The van der Waals surface area contributed by atoms with Gasteiger partial charge in [0.2, 0.25) is 5.91 Å². The number of hydrogen-bond donors (Lipinski definition) is 2. The summed E-state index contributed by atoms with van der Waals surface area (Å²) >= 11 is 0. The quantitative estimate of drug-likeness (QED) is 0.638. The summed E-state index contributed by atoms with van der Waals surface area (Å²) in [6.07, 6.45) is -1.55. The van der Waals surface area contributed by atoms with Crippen molar-refractivity contribution in [1.29, 1.82) is 0 Å².